The third kappa shape index (κ3) is 2.11. The molecule has 7 heteroatoms. The van der Waals surface area contributed by atoms with Gasteiger partial charge in [-0.05, 0) is 5.56 Å². The SMILES string of the molecule is Cn1c(=O)c2c(ncn2Cc2ccccc2)n(CC#N)c1=O. The number of aromatic nitrogens is 4. The van der Waals surface area contributed by atoms with Crippen molar-refractivity contribution in [2.24, 2.45) is 7.05 Å². The van der Waals surface area contributed by atoms with E-state index in [0.717, 1.165) is 10.1 Å². The van der Waals surface area contributed by atoms with Crippen molar-refractivity contribution in [1.82, 2.24) is 18.7 Å². The van der Waals surface area contributed by atoms with Crippen molar-refractivity contribution < 1.29 is 0 Å². The van der Waals surface area contributed by atoms with E-state index in [0.29, 0.717) is 12.1 Å². The van der Waals surface area contributed by atoms with Gasteiger partial charge in [-0.3, -0.25) is 13.9 Å². The van der Waals surface area contributed by atoms with Crippen molar-refractivity contribution in [2.45, 2.75) is 13.1 Å². The molecular formula is C15H13N5O2. The lowest BCUT2D eigenvalue weighted by Gasteiger charge is -2.07. The lowest BCUT2D eigenvalue weighted by molar-refractivity contribution is 0.677. The van der Waals surface area contributed by atoms with Crippen molar-refractivity contribution in [3.05, 3.63) is 63.1 Å². The quantitative estimate of drug-likeness (QED) is 0.703. The fraction of sp³-hybridized carbons (Fsp3) is 0.200. The topological polar surface area (TPSA) is 85.6 Å². The smallest absolute Gasteiger partial charge is 0.320 e. The van der Waals surface area contributed by atoms with Crippen molar-refractivity contribution in [2.75, 3.05) is 0 Å². The van der Waals surface area contributed by atoms with Gasteiger partial charge in [0.05, 0.1) is 12.4 Å². The molecule has 0 radical (unpaired) electrons. The predicted octanol–water partition coefficient (Wildman–Crippen LogP) is 0.469. The number of imidazole rings is 1. The Labute approximate surface area is 125 Å². The van der Waals surface area contributed by atoms with Crippen molar-refractivity contribution in [3.63, 3.8) is 0 Å². The summed E-state index contributed by atoms with van der Waals surface area (Å²) in [7, 11) is 1.40. The number of hydrogen-bond donors (Lipinski definition) is 0. The average Bonchev–Trinajstić information content (AvgIpc) is 2.94. The molecule has 0 fully saturated rings. The van der Waals surface area contributed by atoms with Gasteiger partial charge in [-0.15, -0.1) is 0 Å². The van der Waals surface area contributed by atoms with E-state index in [2.05, 4.69) is 4.98 Å². The zero-order valence-corrected chi connectivity index (χ0v) is 11.9. The fourth-order valence-electron chi connectivity index (χ4n) is 2.42. The van der Waals surface area contributed by atoms with E-state index in [-0.39, 0.29) is 12.2 Å². The Bertz CT molecular complexity index is 989. The molecule has 0 atom stereocenters. The van der Waals surface area contributed by atoms with E-state index in [1.165, 1.54) is 17.9 Å². The van der Waals surface area contributed by atoms with Gasteiger partial charge in [-0.1, -0.05) is 30.3 Å². The van der Waals surface area contributed by atoms with Gasteiger partial charge in [0.15, 0.2) is 11.2 Å². The number of nitrogens with zero attached hydrogens (tertiary/aromatic N) is 5. The Morgan fingerprint density at radius 3 is 2.64 bits per heavy atom. The Morgan fingerprint density at radius 2 is 1.95 bits per heavy atom. The first-order chi connectivity index (χ1) is 10.6. The van der Waals surface area contributed by atoms with Gasteiger partial charge >= 0.3 is 5.69 Å². The third-order valence-corrected chi connectivity index (χ3v) is 3.52. The van der Waals surface area contributed by atoms with Crippen LogP contribution in [0.4, 0.5) is 0 Å². The molecule has 0 saturated heterocycles. The van der Waals surface area contributed by atoms with E-state index in [1.807, 2.05) is 36.4 Å². The van der Waals surface area contributed by atoms with Gasteiger partial charge in [0.25, 0.3) is 5.56 Å². The van der Waals surface area contributed by atoms with E-state index >= 15 is 0 Å². The summed E-state index contributed by atoms with van der Waals surface area (Å²) in [6, 6.07) is 11.6. The molecule has 22 heavy (non-hydrogen) atoms. The zero-order chi connectivity index (χ0) is 15.7. The summed E-state index contributed by atoms with van der Waals surface area (Å²) in [4.78, 5) is 28.6. The molecule has 0 aliphatic rings. The van der Waals surface area contributed by atoms with Crippen LogP contribution in [-0.4, -0.2) is 18.7 Å². The average molecular weight is 295 g/mol. The summed E-state index contributed by atoms with van der Waals surface area (Å²) >= 11 is 0. The van der Waals surface area contributed by atoms with Gasteiger partial charge in [0.1, 0.15) is 6.54 Å². The number of benzene rings is 1. The molecule has 0 saturated carbocycles. The van der Waals surface area contributed by atoms with Gasteiger partial charge < -0.3 is 4.57 Å². The van der Waals surface area contributed by atoms with E-state index in [4.69, 9.17) is 5.26 Å². The van der Waals surface area contributed by atoms with Gasteiger partial charge in [-0.25, -0.2) is 9.78 Å². The first-order valence-electron chi connectivity index (χ1n) is 6.69. The van der Waals surface area contributed by atoms with E-state index in [1.54, 1.807) is 4.57 Å². The highest BCUT2D eigenvalue weighted by molar-refractivity contribution is 5.70. The molecule has 0 N–H and O–H groups in total. The van der Waals surface area contributed by atoms with Crippen molar-refractivity contribution in [1.29, 1.82) is 5.26 Å². The van der Waals surface area contributed by atoms with Crippen LogP contribution in [0.5, 0.6) is 0 Å². The molecule has 0 unspecified atom stereocenters. The van der Waals surface area contributed by atoms with Crippen LogP contribution in [-0.2, 0) is 20.1 Å². The Kier molecular flexibility index (Phi) is 3.35. The fourth-order valence-corrected chi connectivity index (χ4v) is 2.42. The number of rotatable bonds is 3. The van der Waals surface area contributed by atoms with Crippen LogP contribution in [0.15, 0.2) is 46.2 Å². The zero-order valence-electron chi connectivity index (χ0n) is 11.9. The molecule has 0 aliphatic carbocycles. The molecule has 0 amide bonds. The summed E-state index contributed by atoms with van der Waals surface area (Å²) in [5, 5.41) is 8.87. The molecule has 3 rings (SSSR count). The molecule has 0 bridgehead atoms. The minimum absolute atomic E-state index is 0.147. The molecule has 1 aromatic carbocycles. The summed E-state index contributed by atoms with van der Waals surface area (Å²) in [5.41, 5.74) is 0.625. The maximum Gasteiger partial charge on any atom is 0.333 e. The van der Waals surface area contributed by atoms with Crippen LogP contribution in [0, 0.1) is 11.3 Å². The third-order valence-electron chi connectivity index (χ3n) is 3.52. The van der Waals surface area contributed by atoms with Crippen LogP contribution in [0.1, 0.15) is 5.56 Å². The Morgan fingerprint density at radius 1 is 1.23 bits per heavy atom. The highest BCUT2D eigenvalue weighted by atomic mass is 16.2. The summed E-state index contributed by atoms with van der Waals surface area (Å²) in [6.07, 6.45) is 1.52. The lowest BCUT2D eigenvalue weighted by Crippen LogP contribution is -2.38. The first-order valence-corrected chi connectivity index (χ1v) is 6.69. The molecule has 2 heterocycles. The first kappa shape index (κ1) is 13.8. The standard InChI is InChI=1S/C15H13N5O2/c1-18-14(21)12-13(20(8-7-16)15(18)22)17-10-19(12)9-11-5-3-2-4-6-11/h2-6,10H,8-9H2,1H3. The summed E-state index contributed by atoms with van der Waals surface area (Å²) in [6.45, 7) is 0.323. The monoisotopic (exact) mass is 295 g/mol. The minimum Gasteiger partial charge on any atom is -0.320 e. The molecule has 0 aliphatic heterocycles. The minimum atomic E-state index is -0.538. The molecule has 3 aromatic rings. The number of hydrogen-bond acceptors (Lipinski definition) is 4. The Balaban J connectivity index is 2.25. The van der Waals surface area contributed by atoms with E-state index < -0.39 is 11.2 Å². The molecule has 7 nitrogen and oxygen atoms in total. The molecule has 110 valence electrons. The van der Waals surface area contributed by atoms with Crippen LogP contribution >= 0.6 is 0 Å². The highest BCUT2D eigenvalue weighted by Crippen LogP contribution is 2.10. The van der Waals surface area contributed by atoms with E-state index in [9.17, 15) is 9.59 Å². The van der Waals surface area contributed by atoms with Gasteiger partial charge in [0, 0.05) is 13.6 Å². The highest BCUT2D eigenvalue weighted by Gasteiger charge is 2.16. The summed E-state index contributed by atoms with van der Waals surface area (Å²) < 4.78 is 3.90. The maximum atomic E-state index is 12.4. The van der Waals surface area contributed by atoms with Crippen LogP contribution in [0.3, 0.4) is 0 Å². The summed E-state index contributed by atoms with van der Waals surface area (Å²) in [5.74, 6) is 0. The van der Waals surface area contributed by atoms with Gasteiger partial charge in [-0.2, -0.15) is 5.26 Å². The molecule has 2 aromatic heterocycles. The molecular weight excluding hydrogens is 282 g/mol. The lowest BCUT2D eigenvalue weighted by atomic mass is 10.2. The van der Waals surface area contributed by atoms with Crippen molar-refractivity contribution >= 4 is 11.2 Å². The number of fused-ring (bicyclic) bond motifs is 1. The number of nitriles is 1. The second-order valence-corrected chi connectivity index (χ2v) is 4.92. The second kappa shape index (κ2) is 5.33. The normalized spacial score (nSPS) is 10.7. The van der Waals surface area contributed by atoms with Crippen molar-refractivity contribution in [3.8, 4) is 6.07 Å². The van der Waals surface area contributed by atoms with Crippen LogP contribution in [0.25, 0.3) is 11.2 Å². The van der Waals surface area contributed by atoms with Gasteiger partial charge in [0.2, 0.25) is 0 Å². The van der Waals surface area contributed by atoms with Crippen LogP contribution in [0.2, 0.25) is 0 Å². The largest absolute Gasteiger partial charge is 0.333 e. The van der Waals surface area contributed by atoms with Crippen LogP contribution < -0.4 is 11.2 Å². The maximum absolute atomic E-state index is 12.4. The second-order valence-electron chi connectivity index (χ2n) is 4.92. The molecule has 0 spiro atoms. The predicted molar refractivity (Wildman–Crippen MR) is 80.4 cm³/mol. The Hall–Kier alpha value is -3.14.